The van der Waals surface area contributed by atoms with Crippen molar-refractivity contribution in [2.75, 3.05) is 0 Å². The van der Waals surface area contributed by atoms with Gasteiger partial charge in [-0.05, 0) is 31.6 Å². The van der Waals surface area contributed by atoms with Crippen LogP contribution in [0.4, 0.5) is 0 Å². The van der Waals surface area contributed by atoms with Crippen LogP contribution in [0.15, 0.2) is 12.7 Å². The second kappa shape index (κ2) is 4.45. The van der Waals surface area contributed by atoms with Crippen LogP contribution in [0, 0.1) is 5.92 Å². The van der Waals surface area contributed by atoms with E-state index in [2.05, 4.69) is 13.5 Å². The first-order chi connectivity index (χ1) is 6.22. The molecule has 1 saturated carbocycles. The Morgan fingerprint density at radius 1 is 1.54 bits per heavy atom. The molecule has 0 N–H and O–H groups in total. The first kappa shape index (κ1) is 10.3. The van der Waals surface area contributed by atoms with Crippen molar-refractivity contribution in [1.82, 2.24) is 0 Å². The predicted molar refractivity (Wildman–Crippen MR) is 52.3 cm³/mol. The van der Waals surface area contributed by atoms with Crippen molar-refractivity contribution in [1.29, 1.82) is 0 Å². The van der Waals surface area contributed by atoms with E-state index in [9.17, 15) is 4.79 Å². The van der Waals surface area contributed by atoms with E-state index in [1.807, 2.05) is 6.08 Å². The Balaban J connectivity index is 2.56. The molecule has 0 heterocycles. The Morgan fingerprint density at radius 2 is 2.15 bits per heavy atom. The fourth-order valence-electron chi connectivity index (χ4n) is 2.02. The van der Waals surface area contributed by atoms with Gasteiger partial charge in [-0.25, -0.2) is 0 Å². The van der Waals surface area contributed by atoms with Gasteiger partial charge in [0.2, 0.25) is 0 Å². The summed E-state index contributed by atoms with van der Waals surface area (Å²) in [6, 6.07) is 0. The number of carbonyl (C=O) groups is 1. The van der Waals surface area contributed by atoms with Crippen LogP contribution < -0.4 is 0 Å². The van der Waals surface area contributed by atoms with E-state index >= 15 is 0 Å². The quantitative estimate of drug-likeness (QED) is 0.493. The Labute approximate surface area is 80.0 Å². The van der Waals surface area contributed by atoms with Crippen molar-refractivity contribution in [3.8, 4) is 0 Å². The summed E-state index contributed by atoms with van der Waals surface area (Å²) in [4.78, 5) is 10.4. The van der Waals surface area contributed by atoms with Crippen molar-refractivity contribution >= 4 is 6.47 Å². The van der Waals surface area contributed by atoms with Crippen LogP contribution in [0.3, 0.4) is 0 Å². The van der Waals surface area contributed by atoms with Gasteiger partial charge in [0.25, 0.3) is 6.47 Å². The molecule has 0 aliphatic heterocycles. The summed E-state index contributed by atoms with van der Waals surface area (Å²) in [5.74, 6) is 0.771. The second-order valence-corrected chi connectivity index (χ2v) is 4.07. The van der Waals surface area contributed by atoms with Gasteiger partial charge in [0.05, 0.1) is 0 Å². The zero-order chi connectivity index (χ0) is 9.73. The highest BCUT2D eigenvalue weighted by Gasteiger charge is 2.34. The van der Waals surface area contributed by atoms with Gasteiger partial charge in [-0.2, -0.15) is 0 Å². The average Bonchev–Trinajstić information content (AvgIpc) is 2.11. The number of carbonyl (C=O) groups excluding carboxylic acids is 1. The molecule has 0 amide bonds. The largest absolute Gasteiger partial charge is 0.461 e. The number of hydrogen-bond donors (Lipinski definition) is 0. The molecule has 2 nitrogen and oxygen atoms in total. The Kier molecular flexibility index (Phi) is 3.52. The molecule has 0 saturated heterocycles. The van der Waals surface area contributed by atoms with Crippen molar-refractivity contribution in [2.24, 2.45) is 5.92 Å². The van der Waals surface area contributed by atoms with Crippen molar-refractivity contribution < 1.29 is 9.53 Å². The highest BCUT2D eigenvalue weighted by molar-refractivity contribution is 5.38. The third-order valence-corrected chi connectivity index (χ3v) is 3.00. The zero-order valence-corrected chi connectivity index (χ0v) is 8.29. The molecule has 1 fully saturated rings. The van der Waals surface area contributed by atoms with Gasteiger partial charge in [-0.15, -0.1) is 6.58 Å². The van der Waals surface area contributed by atoms with Crippen molar-refractivity contribution in [3.63, 3.8) is 0 Å². The average molecular weight is 182 g/mol. The second-order valence-electron chi connectivity index (χ2n) is 4.07. The fraction of sp³-hybridized carbons (Fsp3) is 0.727. The lowest BCUT2D eigenvalue weighted by molar-refractivity contribution is -0.147. The molecule has 0 aromatic heterocycles. The molecule has 2 heteroatoms. The molecule has 74 valence electrons. The molecule has 0 aromatic carbocycles. The van der Waals surface area contributed by atoms with Crippen LogP contribution in [-0.2, 0) is 9.53 Å². The maximum Gasteiger partial charge on any atom is 0.293 e. The van der Waals surface area contributed by atoms with Gasteiger partial charge in [-0.3, -0.25) is 4.79 Å². The van der Waals surface area contributed by atoms with Gasteiger partial charge in [0.1, 0.15) is 5.60 Å². The molecule has 0 radical (unpaired) electrons. The van der Waals surface area contributed by atoms with Gasteiger partial charge in [0.15, 0.2) is 0 Å². The fourth-order valence-corrected chi connectivity index (χ4v) is 2.02. The lowest BCUT2D eigenvalue weighted by atomic mass is 9.78. The minimum Gasteiger partial charge on any atom is -0.461 e. The van der Waals surface area contributed by atoms with Gasteiger partial charge in [0, 0.05) is 6.42 Å². The highest BCUT2D eigenvalue weighted by atomic mass is 16.5. The molecule has 1 aliphatic rings. The van der Waals surface area contributed by atoms with Crippen LogP contribution in [-0.4, -0.2) is 12.1 Å². The monoisotopic (exact) mass is 182 g/mol. The summed E-state index contributed by atoms with van der Waals surface area (Å²) in [7, 11) is 0. The lowest BCUT2D eigenvalue weighted by Crippen LogP contribution is -2.36. The molecule has 0 aromatic rings. The third-order valence-electron chi connectivity index (χ3n) is 3.00. The molecule has 13 heavy (non-hydrogen) atoms. The minimum atomic E-state index is -0.226. The summed E-state index contributed by atoms with van der Waals surface area (Å²) in [5.41, 5.74) is -0.226. The summed E-state index contributed by atoms with van der Waals surface area (Å²) < 4.78 is 5.21. The Morgan fingerprint density at radius 3 is 2.62 bits per heavy atom. The van der Waals surface area contributed by atoms with Crippen LogP contribution in [0.25, 0.3) is 0 Å². The van der Waals surface area contributed by atoms with E-state index in [-0.39, 0.29) is 5.60 Å². The minimum absolute atomic E-state index is 0.226. The molecular weight excluding hydrogens is 164 g/mol. The number of rotatable bonds is 4. The zero-order valence-electron chi connectivity index (χ0n) is 8.29. The summed E-state index contributed by atoms with van der Waals surface area (Å²) in [6.07, 6.45) is 6.92. The van der Waals surface area contributed by atoms with Crippen LogP contribution >= 0.6 is 0 Å². The predicted octanol–water partition coefficient (Wildman–Crippen LogP) is 2.68. The van der Waals surface area contributed by atoms with Gasteiger partial charge < -0.3 is 4.74 Å². The van der Waals surface area contributed by atoms with E-state index in [0.717, 1.165) is 38.0 Å². The van der Waals surface area contributed by atoms with Crippen LogP contribution in [0.2, 0.25) is 0 Å². The van der Waals surface area contributed by atoms with Crippen molar-refractivity contribution in [3.05, 3.63) is 12.7 Å². The maximum atomic E-state index is 10.4. The standard InChI is InChI=1S/C11H18O2/c1-3-6-11(13-9-12)7-4-10(2)5-8-11/h3,9-10H,1,4-8H2,2H3. The third kappa shape index (κ3) is 2.58. The Hall–Kier alpha value is -0.790. The maximum absolute atomic E-state index is 10.4. The van der Waals surface area contributed by atoms with Crippen molar-refractivity contribution in [2.45, 2.75) is 44.6 Å². The summed E-state index contributed by atoms with van der Waals surface area (Å²) in [5, 5.41) is 0. The van der Waals surface area contributed by atoms with E-state index in [1.54, 1.807) is 0 Å². The topological polar surface area (TPSA) is 26.3 Å². The summed E-state index contributed by atoms with van der Waals surface area (Å²) in [6.45, 7) is 6.54. The molecule has 0 atom stereocenters. The van der Waals surface area contributed by atoms with Crippen LogP contribution in [0.5, 0.6) is 0 Å². The number of hydrogen-bond acceptors (Lipinski definition) is 2. The lowest BCUT2D eigenvalue weighted by Gasteiger charge is -2.37. The van der Waals surface area contributed by atoms with E-state index in [1.165, 1.54) is 0 Å². The molecule has 1 rings (SSSR count). The summed E-state index contributed by atoms with van der Waals surface area (Å²) >= 11 is 0. The molecule has 0 spiro atoms. The SMILES string of the molecule is C=CCC1(OC=O)CCC(C)CC1. The van der Waals surface area contributed by atoms with E-state index < -0.39 is 0 Å². The number of ether oxygens (including phenoxy) is 1. The van der Waals surface area contributed by atoms with Gasteiger partial charge in [-0.1, -0.05) is 13.0 Å². The normalized spacial score (nSPS) is 33.8. The highest BCUT2D eigenvalue weighted by Crippen LogP contribution is 2.36. The van der Waals surface area contributed by atoms with E-state index in [4.69, 9.17) is 4.74 Å². The van der Waals surface area contributed by atoms with Crippen LogP contribution in [0.1, 0.15) is 39.0 Å². The first-order valence-corrected chi connectivity index (χ1v) is 4.95. The first-order valence-electron chi connectivity index (χ1n) is 4.95. The molecular formula is C11H18O2. The smallest absolute Gasteiger partial charge is 0.293 e. The Bertz CT molecular complexity index is 167. The van der Waals surface area contributed by atoms with E-state index in [0.29, 0.717) is 6.47 Å². The molecule has 0 bridgehead atoms. The molecule has 1 aliphatic carbocycles. The molecule has 0 unspecified atom stereocenters. The van der Waals surface area contributed by atoms with Gasteiger partial charge >= 0.3 is 0 Å².